The van der Waals surface area contributed by atoms with Gasteiger partial charge < -0.3 is 15.2 Å². The Morgan fingerprint density at radius 2 is 1.85 bits per heavy atom. The van der Waals surface area contributed by atoms with Crippen LogP contribution in [-0.2, 0) is 13.6 Å². The summed E-state index contributed by atoms with van der Waals surface area (Å²) in [6.45, 7) is 4.23. The zero-order valence-corrected chi connectivity index (χ0v) is 20.1. The van der Waals surface area contributed by atoms with Crippen molar-refractivity contribution in [2.24, 2.45) is 12.0 Å². The van der Waals surface area contributed by atoms with Gasteiger partial charge in [0.1, 0.15) is 12.4 Å². The number of rotatable bonds is 10. The summed E-state index contributed by atoms with van der Waals surface area (Å²) >= 11 is 3.70. The first-order valence-corrected chi connectivity index (χ1v) is 11.1. The van der Waals surface area contributed by atoms with Gasteiger partial charge >= 0.3 is 0 Å². The van der Waals surface area contributed by atoms with Gasteiger partial charge in [0, 0.05) is 30.8 Å². The minimum Gasteiger partial charge on any atom is -0.356 e. The molecule has 2 N–H and O–H groups in total. The lowest BCUT2D eigenvalue weighted by Gasteiger charge is -2.12. The molecule has 0 spiro atoms. The van der Waals surface area contributed by atoms with Crippen LogP contribution in [0.3, 0.4) is 0 Å². The van der Waals surface area contributed by atoms with Gasteiger partial charge in [0.2, 0.25) is 0 Å². The molecule has 0 saturated heterocycles. The second kappa shape index (κ2) is 14.1. The molecule has 1 aromatic carbocycles. The molecule has 1 heterocycles. The highest BCUT2D eigenvalue weighted by Crippen LogP contribution is 2.15. The Morgan fingerprint density at radius 3 is 2.52 bits per heavy atom. The van der Waals surface area contributed by atoms with Gasteiger partial charge in [0.15, 0.2) is 11.8 Å². The van der Waals surface area contributed by atoms with Crippen molar-refractivity contribution in [3.05, 3.63) is 42.0 Å². The summed E-state index contributed by atoms with van der Waals surface area (Å²) in [5, 5.41) is 15.1. The SMILES string of the molecule is CSCCCNC(=NCc1nnc(C)n1C)NCCSc1ccccc1.I. The number of benzene rings is 1. The van der Waals surface area contributed by atoms with Gasteiger partial charge in [-0.15, -0.1) is 45.9 Å². The number of guanidine groups is 1. The Morgan fingerprint density at radius 1 is 1.11 bits per heavy atom. The maximum atomic E-state index is 4.67. The van der Waals surface area contributed by atoms with E-state index in [2.05, 4.69) is 56.3 Å². The first-order valence-electron chi connectivity index (χ1n) is 8.74. The highest BCUT2D eigenvalue weighted by molar-refractivity contribution is 14.0. The van der Waals surface area contributed by atoms with Gasteiger partial charge in [-0.25, -0.2) is 4.99 Å². The number of aryl methyl sites for hydroxylation is 1. The van der Waals surface area contributed by atoms with E-state index in [9.17, 15) is 0 Å². The smallest absolute Gasteiger partial charge is 0.191 e. The Bertz CT molecular complexity index is 678. The van der Waals surface area contributed by atoms with Crippen molar-refractivity contribution in [3.8, 4) is 0 Å². The van der Waals surface area contributed by atoms with Crippen LogP contribution in [0.4, 0.5) is 0 Å². The standard InChI is InChI=1S/C18H28N6S2.HI/c1-15-22-23-17(24(15)2)14-21-18(19-10-7-12-25-3)20-11-13-26-16-8-5-4-6-9-16;/h4-6,8-9H,7,10-14H2,1-3H3,(H2,19,20,21);1H. The fourth-order valence-electron chi connectivity index (χ4n) is 2.19. The molecule has 0 amide bonds. The van der Waals surface area contributed by atoms with Gasteiger partial charge in [0.05, 0.1) is 0 Å². The van der Waals surface area contributed by atoms with Gasteiger partial charge in [-0.1, -0.05) is 18.2 Å². The van der Waals surface area contributed by atoms with Crippen LogP contribution in [0, 0.1) is 6.92 Å². The minimum atomic E-state index is 0. The molecule has 150 valence electrons. The molecule has 0 aliphatic carbocycles. The summed E-state index contributed by atoms with van der Waals surface area (Å²) in [6, 6.07) is 10.4. The molecule has 9 heteroatoms. The molecule has 2 rings (SSSR count). The highest BCUT2D eigenvalue weighted by atomic mass is 127. The van der Waals surface area contributed by atoms with Gasteiger partial charge in [-0.3, -0.25) is 0 Å². The van der Waals surface area contributed by atoms with E-state index in [1.54, 1.807) is 0 Å². The maximum absolute atomic E-state index is 4.67. The fourth-order valence-corrected chi connectivity index (χ4v) is 3.41. The van der Waals surface area contributed by atoms with E-state index in [1.165, 1.54) is 4.90 Å². The molecule has 27 heavy (non-hydrogen) atoms. The van der Waals surface area contributed by atoms with Gasteiger partial charge in [-0.05, 0) is 37.5 Å². The van der Waals surface area contributed by atoms with Crippen LogP contribution in [0.2, 0.25) is 0 Å². The van der Waals surface area contributed by atoms with Gasteiger partial charge in [-0.2, -0.15) is 11.8 Å². The van der Waals surface area contributed by atoms with Crippen molar-refractivity contribution in [3.63, 3.8) is 0 Å². The quantitative estimate of drug-likeness (QED) is 0.165. The van der Waals surface area contributed by atoms with E-state index in [0.717, 1.165) is 48.6 Å². The number of nitrogens with one attached hydrogen (secondary N) is 2. The van der Waals surface area contributed by atoms with Crippen LogP contribution >= 0.6 is 47.5 Å². The molecule has 2 aromatic rings. The lowest BCUT2D eigenvalue weighted by molar-refractivity contribution is 0.752. The Kier molecular flexibility index (Phi) is 12.6. The molecular formula is C18H29IN6S2. The molecule has 6 nitrogen and oxygen atoms in total. The lowest BCUT2D eigenvalue weighted by Crippen LogP contribution is -2.39. The maximum Gasteiger partial charge on any atom is 0.191 e. The minimum absolute atomic E-state index is 0. The normalized spacial score (nSPS) is 11.1. The third-order valence-electron chi connectivity index (χ3n) is 3.79. The summed E-state index contributed by atoms with van der Waals surface area (Å²) < 4.78 is 1.97. The first kappa shape index (κ1) is 24.1. The third-order valence-corrected chi connectivity index (χ3v) is 5.50. The van der Waals surface area contributed by atoms with Crippen LogP contribution in [0.1, 0.15) is 18.1 Å². The van der Waals surface area contributed by atoms with Crippen molar-refractivity contribution >= 4 is 53.5 Å². The predicted molar refractivity (Wildman–Crippen MR) is 128 cm³/mol. The Balaban J connectivity index is 0.00000364. The van der Waals surface area contributed by atoms with E-state index in [4.69, 9.17) is 0 Å². The number of hydrogen-bond donors (Lipinski definition) is 2. The molecule has 1 aromatic heterocycles. The topological polar surface area (TPSA) is 67.1 Å². The van der Waals surface area contributed by atoms with Crippen LogP contribution in [0.5, 0.6) is 0 Å². The zero-order chi connectivity index (χ0) is 18.6. The monoisotopic (exact) mass is 520 g/mol. The summed E-state index contributed by atoms with van der Waals surface area (Å²) in [4.78, 5) is 5.95. The third kappa shape index (κ3) is 9.20. The second-order valence-corrected chi connectivity index (χ2v) is 7.90. The molecule has 0 aliphatic heterocycles. The van der Waals surface area contributed by atoms with E-state index in [0.29, 0.717) is 6.54 Å². The van der Waals surface area contributed by atoms with Crippen molar-refractivity contribution < 1.29 is 0 Å². The molecule has 0 saturated carbocycles. The summed E-state index contributed by atoms with van der Waals surface area (Å²) in [6.07, 6.45) is 3.24. The number of thioether (sulfide) groups is 2. The van der Waals surface area contributed by atoms with Crippen molar-refractivity contribution in [1.82, 2.24) is 25.4 Å². The average Bonchev–Trinajstić information content (AvgIpc) is 2.98. The zero-order valence-electron chi connectivity index (χ0n) is 16.1. The highest BCUT2D eigenvalue weighted by Gasteiger charge is 2.05. The molecule has 0 aliphatic rings. The molecule has 0 atom stereocenters. The summed E-state index contributed by atoms with van der Waals surface area (Å²) in [7, 11) is 1.97. The van der Waals surface area contributed by atoms with Crippen molar-refractivity contribution in [2.45, 2.75) is 24.8 Å². The lowest BCUT2D eigenvalue weighted by atomic mass is 10.4. The predicted octanol–water partition coefficient (Wildman–Crippen LogP) is 3.32. The van der Waals surface area contributed by atoms with Crippen LogP contribution < -0.4 is 10.6 Å². The number of aliphatic imine (C=N–C) groups is 1. The average molecular weight is 521 g/mol. The number of halogens is 1. The molecule has 0 radical (unpaired) electrons. The molecule has 0 unspecified atom stereocenters. The number of aromatic nitrogens is 3. The second-order valence-electron chi connectivity index (χ2n) is 5.75. The van der Waals surface area contributed by atoms with E-state index in [1.807, 2.05) is 48.1 Å². The van der Waals surface area contributed by atoms with Crippen molar-refractivity contribution in [1.29, 1.82) is 0 Å². The largest absolute Gasteiger partial charge is 0.356 e. The summed E-state index contributed by atoms with van der Waals surface area (Å²) in [5.74, 6) is 4.73. The van der Waals surface area contributed by atoms with Crippen molar-refractivity contribution in [2.75, 3.05) is 30.9 Å². The molecule has 0 bridgehead atoms. The summed E-state index contributed by atoms with van der Waals surface area (Å²) in [5.41, 5.74) is 0. The number of hydrogen-bond acceptors (Lipinski definition) is 5. The van der Waals surface area contributed by atoms with E-state index >= 15 is 0 Å². The van der Waals surface area contributed by atoms with Crippen LogP contribution in [-0.4, -0.2) is 51.6 Å². The first-order chi connectivity index (χ1) is 12.7. The number of nitrogens with zero attached hydrogens (tertiary/aromatic N) is 4. The molecular weight excluding hydrogens is 491 g/mol. The van der Waals surface area contributed by atoms with Crippen LogP contribution in [0.15, 0.2) is 40.2 Å². The van der Waals surface area contributed by atoms with E-state index in [-0.39, 0.29) is 24.0 Å². The molecule has 0 fully saturated rings. The Labute approximate surface area is 187 Å². The van der Waals surface area contributed by atoms with E-state index < -0.39 is 0 Å². The van der Waals surface area contributed by atoms with Gasteiger partial charge in [0.25, 0.3) is 0 Å². The fraction of sp³-hybridized carbons (Fsp3) is 0.500. The Hall–Kier alpha value is -0.940. The van der Waals surface area contributed by atoms with Crippen LogP contribution in [0.25, 0.3) is 0 Å².